The summed E-state index contributed by atoms with van der Waals surface area (Å²) >= 11 is 5.06. The number of hydrogen-bond donors (Lipinski definition) is 1. The van der Waals surface area contributed by atoms with Crippen LogP contribution in [0.5, 0.6) is 0 Å². The average Bonchev–Trinajstić information content (AvgIpc) is 3.07. The zero-order chi connectivity index (χ0) is 18.1. The van der Waals surface area contributed by atoms with E-state index >= 15 is 0 Å². The molecule has 3 nitrogen and oxygen atoms in total. The van der Waals surface area contributed by atoms with Crippen LogP contribution in [0.2, 0.25) is 0 Å². The predicted molar refractivity (Wildman–Crippen MR) is 112 cm³/mol. The number of nitrogens with zero attached hydrogens (tertiary/aromatic N) is 1. The summed E-state index contributed by atoms with van der Waals surface area (Å²) in [6.45, 7) is 2.01. The van der Waals surface area contributed by atoms with E-state index in [0.717, 1.165) is 36.5 Å². The third-order valence-corrected chi connectivity index (χ3v) is 5.76. The zero-order valence-corrected chi connectivity index (χ0v) is 16.4. The number of carbonyl (C=O) groups excluding carboxylic acids is 1. The Labute approximate surface area is 163 Å². The molecule has 0 saturated heterocycles. The summed E-state index contributed by atoms with van der Waals surface area (Å²) in [5.41, 5.74) is 4.46. The molecule has 0 atom stereocenters. The van der Waals surface area contributed by atoms with Crippen LogP contribution in [-0.4, -0.2) is 10.9 Å². The van der Waals surface area contributed by atoms with Crippen molar-refractivity contribution in [3.05, 3.63) is 82.3 Å². The van der Waals surface area contributed by atoms with Crippen molar-refractivity contribution in [3.63, 3.8) is 0 Å². The molecule has 0 saturated carbocycles. The Morgan fingerprint density at radius 1 is 1.04 bits per heavy atom. The van der Waals surface area contributed by atoms with Gasteiger partial charge in [0.1, 0.15) is 5.01 Å². The van der Waals surface area contributed by atoms with Crippen LogP contribution in [0.15, 0.2) is 71.2 Å². The van der Waals surface area contributed by atoms with Crippen molar-refractivity contribution in [1.82, 2.24) is 4.98 Å². The second kappa shape index (κ2) is 7.02. The van der Waals surface area contributed by atoms with Crippen LogP contribution < -0.4 is 5.32 Å². The summed E-state index contributed by atoms with van der Waals surface area (Å²) < 4.78 is 2.04. The number of anilines is 1. The molecule has 1 aromatic heterocycles. The van der Waals surface area contributed by atoms with Crippen LogP contribution >= 0.6 is 27.3 Å². The van der Waals surface area contributed by atoms with Crippen LogP contribution in [0.3, 0.4) is 0 Å². The van der Waals surface area contributed by atoms with E-state index in [9.17, 15) is 4.79 Å². The molecule has 4 aromatic rings. The van der Waals surface area contributed by atoms with Crippen LogP contribution in [0, 0.1) is 6.92 Å². The zero-order valence-electron chi connectivity index (χ0n) is 14.0. The molecule has 0 aliphatic rings. The van der Waals surface area contributed by atoms with Gasteiger partial charge in [-0.15, -0.1) is 11.3 Å². The lowest BCUT2D eigenvalue weighted by Crippen LogP contribution is -2.12. The maximum atomic E-state index is 12.6. The van der Waals surface area contributed by atoms with E-state index in [1.807, 2.05) is 61.5 Å². The Morgan fingerprint density at radius 3 is 2.65 bits per heavy atom. The summed E-state index contributed by atoms with van der Waals surface area (Å²) in [6.07, 6.45) is 0. The third kappa shape index (κ3) is 3.28. The molecule has 0 unspecified atom stereocenters. The van der Waals surface area contributed by atoms with E-state index in [1.54, 1.807) is 17.4 Å². The molecule has 1 amide bonds. The highest BCUT2D eigenvalue weighted by Gasteiger charge is 2.13. The monoisotopic (exact) mass is 422 g/mol. The maximum absolute atomic E-state index is 12.6. The van der Waals surface area contributed by atoms with E-state index in [-0.39, 0.29) is 5.91 Å². The molecule has 0 bridgehead atoms. The molecule has 0 spiro atoms. The van der Waals surface area contributed by atoms with E-state index in [2.05, 4.69) is 27.3 Å². The molecule has 0 aliphatic heterocycles. The minimum Gasteiger partial charge on any atom is -0.322 e. The minimum atomic E-state index is -0.129. The van der Waals surface area contributed by atoms with Crippen LogP contribution in [-0.2, 0) is 0 Å². The molecule has 0 aliphatic carbocycles. The number of amides is 1. The number of nitrogens with one attached hydrogen (secondary N) is 1. The van der Waals surface area contributed by atoms with Crippen molar-refractivity contribution < 1.29 is 4.79 Å². The number of benzene rings is 3. The first-order valence-electron chi connectivity index (χ1n) is 8.14. The number of para-hydroxylation sites is 1. The van der Waals surface area contributed by atoms with Crippen LogP contribution in [0.1, 0.15) is 15.9 Å². The Balaban J connectivity index is 1.68. The van der Waals surface area contributed by atoms with Gasteiger partial charge in [-0.25, -0.2) is 4.98 Å². The normalized spacial score (nSPS) is 10.8. The van der Waals surface area contributed by atoms with Gasteiger partial charge in [-0.1, -0.05) is 46.3 Å². The second-order valence-electron chi connectivity index (χ2n) is 5.93. The van der Waals surface area contributed by atoms with Gasteiger partial charge >= 0.3 is 0 Å². The summed E-state index contributed by atoms with van der Waals surface area (Å²) in [7, 11) is 0. The summed E-state index contributed by atoms with van der Waals surface area (Å²) in [6, 6.07) is 21.4. The van der Waals surface area contributed by atoms with E-state index in [4.69, 9.17) is 4.98 Å². The number of rotatable bonds is 3. The van der Waals surface area contributed by atoms with Crippen molar-refractivity contribution >= 4 is 49.1 Å². The van der Waals surface area contributed by atoms with Gasteiger partial charge in [0.05, 0.1) is 10.2 Å². The smallest absolute Gasteiger partial charge is 0.255 e. The first-order valence-corrected chi connectivity index (χ1v) is 9.75. The Kier molecular flexibility index (Phi) is 4.57. The molecular formula is C21H15BrN2OS. The van der Waals surface area contributed by atoms with E-state index < -0.39 is 0 Å². The number of halogens is 1. The van der Waals surface area contributed by atoms with E-state index in [0.29, 0.717) is 5.56 Å². The van der Waals surface area contributed by atoms with E-state index in [1.165, 1.54) is 0 Å². The summed E-state index contributed by atoms with van der Waals surface area (Å²) in [5.74, 6) is -0.129. The van der Waals surface area contributed by atoms with Gasteiger partial charge in [-0.2, -0.15) is 0 Å². The van der Waals surface area contributed by atoms with Gasteiger partial charge < -0.3 is 5.32 Å². The number of carbonyl (C=O) groups is 1. The fourth-order valence-electron chi connectivity index (χ4n) is 2.81. The Bertz CT molecular complexity index is 1090. The molecule has 1 heterocycles. The first kappa shape index (κ1) is 16.9. The third-order valence-electron chi connectivity index (χ3n) is 4.19. The maximum Gasteiger partial charge on any atom is 0.255 e. The quantitative estimate of drug-likeness (QED) is 0.421. The lowest BCUT2D eigenvalue weighted by atomic mass is 10.1. The fraction of sp³-hybridized carbons (Fsp3) is 0.0476. The van der Waals surface area contributed by atoms with Crippen molar-refractivity contribution in [2.75, 3.05) is 5.32 Å². The topological polar surface area (TPSA) is 42.0 Å². The second-order valence-corrected chi connectivity index (χ2v) is 7.88. The number of fused-ring (bicyclic) bond motifs is 1. The number of hydrogen-bond acceptors (Lipinski definition) is 3. The molecule has 128 valence electrons. The summed E-state index contributed by atoms with van der Waals surface area (Å²) in [5, 5.41) is 3.98. The van der Waals surface area contributed by atoms with Gasteiger partial charge in [0.15, 0.2) is 0 Å². The molecule has 4 rings (SSSR count). The number of aromatic nitrogens is 1. The van der Waals surface area contributed by atoms with Crippen molar-refractivity contribution in [2.24, 2.45) is 0 Å². The SMILES string of the molecule is Cc1c(NC(=O)c2cccc(Br)c2)cccc1-c1nc2ccccc2s1. The molecule has 3 aromatic carbocycles. The molecule has 5 heteroatoms. The van der Waals surface area contributed by atoms with Gasteiger partial charge in [-0.3, -0.25) is 4.79 Å². The van der Waals surface area contributed by atoms with Gasteiger partial charge in [0.25, 0.3) is 5.91 Å². The number of thiazole rings is 1. The molecule has 0 radical (unpaired) electrons. The molecule has 1 N–H and O–H groups in total. The van der Waals surface area contributed by atoms with Gasteiger partial charge in [0.2, 0.25) is 0 Å². The predicted octanol–water partition coefficient (Wildman–Crippen LogP) is 6.29. The highest BCUT2D eigenvalue weighted by Crippen LogP contribution is 2.34. The van der Waals surface area contributed by atoms with Crippen LogP contribution in [0.25, 0.3) is 20.8 Å². The van der Waals surface area contributed by atoms with Gasteiger partial charge in [-0.05, 0) is 48.9 Å². The van der Waals surface area contributed by atoms with Crippen LogP contribution in [0.4, 0.5) is 5.69 Å². The first-order chi connectivity index (χ1) is 12.6. The lowest BCUT2D eigenvalue weighted by Gasteiger charge is -2.11. The van der Waals surface area contributed by atoms with Crippen molar-refractivity contribution in [1.29, 1.82) is 0 Å². The molecule has 0 fully saturated rings. The Hall–Kier alpha value is -2.50. The average molecular weight is 423 g/mol. The highest BCUT2D eigenvalue weighted by atomic mass is 79.9. The standard InChI is InChI=1S/C21H15BrN2OS/c1-13-16(21-24-18-9-2-3-11-19(18)26-21)8-5-10-17(13)23-20(25)14-6-4-7-15(22)12-14/h2-12H,1H3,(H,23,25). The van der Waals surface area contributed by atoms with Crippen molar-refractivity contribution in [3.8, 4) is 10.6 Å². The molecule has 26 heavy (non-hydrogen) atoms. The van der Waals surface area contributed by atoms with Crippen molar-refractivity contribution in [2.45, 2.75) is 6.92 Å². The molecular weight excluding hydrogens is 408 g/mol. The lowest BCUT2D eigenvalue weighted by molar-refractivity contribution is 0.102. The largest absolute Gasteiger partial charge is 0.322 e. The van der Waals surface area contributed by atoms with Gasteiger partial charge in [0, 0.05) is 21.3 Å². The highest BCUT2D eigenvalue weighted by molar-refractivity contribution is 9.10. The minimum absolute atomic E-state index is 0.129. The fourth-order valence-corrected chi connectivity index (χ4v) is 4.26. The Morgan fingerprint density at radius 2 is 1.85 bits per heavy atom. The summed E-state index contributed by atoms with van der Waals surface area (Å²) in [4.78, 5) is 17.3.